The van der Waals surface area contributed by atoms with Crippen molar-refractivity contribution in [3.63, 3.8) is 0 Å². The van der Waals surface area contributed by atoms with E-state index in [9.17, 15) is 13.2 Å². The van der Waals surface area contributed by atoms with E-state index in [0.29, 0.717) is 5.95 Å². The van der Waals surface area contributed by atoms with E-state index in [1.807, 2.05) is 13.8 Å². The van der Waals surface area contributed by atoms with Crippen LogP contribution >= 0.6 is 0 Å². The normalized spacial score (nSPS) is 11.9. The molecule has 20 heavy (non-hydrogen) atoms. The number of rotatable bonds is 4. The number of hydrogen-bond acceptors (Lipinski definition) is 2. The van der Waals surface area contributed by atoms with Gasteiger partial charge in [-0.3, -0.25) is 0 Å². The van der Waals surface area contributed by atoms with Crippen LogP contribution in [-0.2, 0) is 12.7 Å². The third kappa shape index (κ3) is 3.31. The molecule has 0 amide bonds. The zero-order valence-corrected chi connectivity index (χ0v) is 11.3. The first kappa shape index (κ1) is 14.4. The van der Waals surface area contributed by atoms with Crippen molar-refractivity contribution in [3.05, 3.63) is 47.8 Å². The Morgan fingerprint density at radius 2 is 1.95 bits per heavy atom. The lowest BCUT2D eigenvalue weighted by Crippen LogP contribution is -2.16. The van der Waals surface area contributed by atoms with Gasteiger partial charge in [0.05, 0.1) is 12.1 Å². The highest BCUT2D eigenvalue weighted by molar-refractivity contribution is 5.33. The van der Waals surface area contributed by atoms with Crippen molar-refractivity contribution < 1.29 is 13.2 Å². The predicted molar refractivity (Wildman–Crippen MR) is 71.5 cm³/mol. The molecule has 0 atom stereocenters. The number of benzene rings is 1. The highest BCUT2D eigenvalue weighted by Gasteiger charge is 2.32. The van der Waals surface area contributed by atoms with Gasteiger partial charge in [0.25, 0.3) is 0 Å². The molecule has 0 bridgehead atoms. The van der Waals surface area contributed by atoms with Crippen LogP contribution in [0.2, 0.25) is 0 Å². The fourth-order valence-electron chi connectivity index (χ4n) is 1.95. The highest BCUT2D eigenvalue weighted by Crippen LogP contribution is 2.32. The first-order valence-electron chi connectivity index (χ1n) is 6.30. The van der Waals surface area contributed by atoms with Gasteiger partial charge in [0, 0.05) is 18.4 Å². The molecule has 1 aromatic carbocycles. The number of nitrogens with zero attached hydrogens (tertiary/aromatic N) is 2. The van der Waals surface area contributed by atoms with Gasteiger partial charge in [-0.05, 0) is 25.5 Å². The number of imidazole rings is 1. The summed E-state index contributed by atoms with van der Waals surface area (Å²) in [4.78, 5) is 4.11. The first-order valence-corrected chi connectivity index (χ1v) is 6.30. The molecule has 0 saturated heterocycles. The van der Waals surface area contributed by atoms with Crippen LogP contribution in [0.4, 0.5) is 19.1 Å². The fraction of sp³-hybridized carbons (Fsp3) is 0.357. The summed E-state index contributed by atoms with van der Waals surface area (Å²) in [5.41, 5.74) is -0.381. The largest absolute Gasteiger partial charge is 0.416 e. The molecule has 0 spiro atoms. The smallest absolute Gasteiger partial charge is 0.353 e. The van der Waals surface area contributed by atoms with E-state index in [1.54, 1.807) is 23.0 Å². The van der Waals surface area contributed by atoms with Gasteiger partial charge in [0.15, 0.2) is 0 Å². The number of hydrogen-bond donors (Lipinski definition) is 1. The molecule has 108 valence electrons. The van der Waals surface area contributed by atoms with Crippen LogP contribution in [0.25, 0.3) is 0 Å². The van der Waals surface area contributed by atoms with Crippen molar-refractivity contribution in [1.29, 1.82) is 0 Å². The Kier molecular flexibility index (Phi) is 4.01. The van der Waals surface area contributed by atoms with Crippen LogP contribution in [0.3, 0.4) is 0 Å². The summed E-state index contributed by atoms with van der Waals surface area (Å²) in [6.07, 6.45) is -1.11. The van der Waals surface area contributed by atoms with Crippen LogP contribution in [0.15, 0.2) is 36.7 Å². The Hall–Kier alpha value is -1.98. The monoisotopic (exact) mass is 283 g/mol. The van der Waals surface area contributed by atoms with E-state index in [2.05, 4.69) is 10.3 Å². The van der Waals surface area contributed by atoms with Gasteiger partial charge in [-0.15, -0.1) is 0 Å². The molecule has 1 heterocycles. The molecule has 0 radical (unpaired) electrons. The van der Waals surface area contributed by atoms with Gasteiger partial charge in [0.2, 0.25) is 5.95 Å². The third-order valence-corrected chi connectivity index (χ3v) is 2.80. The van der Waals surface area contributed by atoms with Crippen molar-refractivity contribution in [2.45, 2.75) is 32.6 Å². The molecular weight excluding hydrogens is 267 g/mol. The molecule has 0 fully saturated rings. The van der Waals surface area contributed by atoms with Crippen LogP contribution in [0.1, 0.15) is 25.0 Å². The molecule has 0 aliphatic carbocycles. The number of alkyl halides is 3. The number of nitrogens with one attached hydrogen (secondary N) is 1. The van der Waals surface area contributed by atoms with E-state index in [1.165, 1.54) is 12.1 Å². The molecule has 1 N–H and O–H groups in total. The van der Waals surface area contributed by atoms with Crippen molar-refractivity contribution in [2.75, 3.05) is 5.32 Å². The molecule has 0 aliphatic heterocycles. The molecule has 2 aromatic rings. The lowest BCUT2D eigenvalue weighted by Gasteiger charge is -2.15. The van der Waals surface area contributed by atoms with Gasteiger partial charge in [0.1, 0.15) is 0 Å². The van der Waals surface area contributed by atoms with E-state index < -0.39 is 11.7 Å². The minimum Gasteiger partial charge on any atom is -0.353 e. The SMILES string of the molecule is CC(C)Nc1nccn1Cc1ccccc1C(F)(F)F. The Balaban J connectivity index is 2.29. The molecule has 0 saturated carbocycles. The topological polar surface area (TPSA) is 29.9 Å². The minimum atomic E-state index is -4.34. The molecule has 3 nitrogen and oxygen atoms in total. The van der Waals surface area contributed by atoms with Crippen molar-refractivity contribution >= 4 is 5.95 Å². The minimum absolute atomic E-state index is 0.130. The summed E-state index contributed by atoms with van der Waals surface area (Å²) in [6.45, 7) is 4.02. The number of aromatic nitrogens is 2. The summed E-state index contributed by atoms with van der Waals surface area (Å²) >= 11 is 0. The predicted octanol–water partition coefficient (Wildman–Crippen LogP) is 3.77. The van der Waals surface area contributed by atoms with E-state index in [0.717, 1.165) is 6.07 Å². The summed E-state index contributed by atoms with van der Waals surface area (Å²) in [5, 5.41) is 3.10. The van der Waals surface area contributed by atoms with Crippen LogP contribution < -0.4 is 5.32 Å². The van der Waals surface area contributed by atoms with Crippen LogP contribution in [-0.4, -0.2) is 15.6 Å². The van der Waals surface area contributed by atoms with Gasteiger partial charge in [-0.1, -0.05) is 18.2 Å². The summed E-state index contributed by atoms with van der Waals surface area (Å²) in [7, 11) is 0. The maximum absolute atomic E-state index is 12.9. The summed E-state index contributed by atoms with van der Waals surface area (Å²) in [5.74, 6) is 0.567. The van der Waals surface area contributed by atoms with Crippen LogP contribution in [0.5, 0.6) is 0 Å². The molecule has 1 aromatic heterocycles. The van der Waals surface area contributed by atoms with E-state index in [4.69, 9.17) is 0 Å². The van der Waals surface area contributed by atoms with Gasteiger partial charge in [-0.25, -0.2) is 4.98 Å². The highest BCUT2D eigenvalue weighted by atomic mass is 19.4. The van der Waals surface area contributed by atoms with E-state index in [-0.39, 0.29) is 18.2 Å². The molecule has 2 rings (SSSR count). The zero-order chi connectivity index (χ0) is 14.8. The zero-order valence-electron chi connectivity index (χ0n) is 11.3. The lowest BCUT2D eigenvalue weighted by molar-refractivity contribution is -0.138. The molecular formula is C14H16F3N3. The molecule has 0 unspecified atom stereocenters. The Morgan fingerprint density at radius 3 is 2.60 bits per heavy atom. The average molecular weight is 283 g/mol. The van der Waals surface area contributed by atoms with Gasteiger partial charge < -0.3 is 9.88 Å². The maximum atomic E-state index is 12.9. The third-order valence-electron chi connectivity index (χ3n) is 2.80. The average Bonchev–Trinajstić information content (AvgIpc) is 2.75. The maximum Gasteiger partial charge on any atom is 0.416 e. The van der Waals surface area contributed by atoms with E-state index >= 15 is 0 Å². The van der Waals surface area contributed by atoms with Gasteiger partial charge >= 0.3 is 6.18 Å². The van der Waals surface area contributed by atoms with Gasteiger partial charge in [-0.2, -0.15) is 13.2 Å². The summed E-state index contributed by atoms with van der Waals surface area (Å²) in [6, 6.07) is 5.75. The van der Waals surface area contributed by atoms with Crippen molar-refractivity contribution in [2.24, 2.45) is 0 Å². The second-order valence-electron chi connectivity index (χ2n) is 4.83. The lowest BCUT2D eigenvalue weighted by atomic mass is 10.1. The van der Waals surface area contributed by atoms with Crippen LogP contribution in [0, 0.1) is 0 Å². The Bertz CT molecular complexity index is 573. The first-order chi connectivity index (χ1) is 9.38. The number of halogens is 3. The fourth-order valence-corrected chi connectivity index (χ4v) is 1.95. The second kappa shape index (κ2) is 5.56. The standard InChI is InChI=1S/C14H16F3N3/c1-10(2)19-13-18-7-8-20(13)9-11-5-3-4-6-12(11)14(15,16)17/h3-8,10H,9H2,1-2H3,(H,18,19). The Labute approximate surface area is 115 Å². The van der Waals surface area contributed by atoms with Crippen molar-refractivity contribution in [3.8, 4) is 0 Å². The quantitative estimate of drug-likeness (QED) is 0.925. The van der Waals surface area contributed by atoms with Crippen molar-refractivity contribution in [1.82, 2.24) is 9.55 Å². The number of anilines is 1. The second-order valence-corrected chi connectivity index (χ2v) is 4.83. The summed E-state index contributed by atoms with van der Waals surface area (Å²) < 4.78 is 40.5. The Morgan fingerprint density at radius 1 is 1.25 bits per heavy atom. The molecule has 0 aliphatic rings. The molecule has 6 heteroatoms.